The number of hydrogen-bond donors (Lipinski definition) is 1. The van der Waals surface area contributed by atoms with E-state index in [1.54, 1.807) is 6.92 Å². The minimum absolute atomic E-state index is 0.0240. The van der Waals surface area contributed by atoms with Crippen molar-refractivity contribution in [2.45, 2.75) is 39.2 Å². The minimum Gasteiger partial charge on any atom is -0.448 e. The van der Waals surface area contributed by atoms with Gasteiger partial charge in [-0.05, 0) is 37.0 Å². The van der Waals surface area contributed by atoms with Gasteiger partial charge in [0.1, 0.15) is 5.76 Å². The van der Waals surface area contributed by atoms with Gasteiger partial charge in [-0.25, -0.2) is 4.98 Å². The van der Waals surface area contributed by atoms with Crippen LogP contribution in [-0.2, 0) is 12.8 Å². The summed E-state index contributed by atoms with van der Waals surface area (Å²) in [6.07, 6.45) is 3.75. The Balaban J connectivity index is 1.55. The Morgan fingerprint density at radius 3 is 3.00 bits per heavy atom. The molecule has 1 atom stereocenters. The fourth-order valence-electron chi connectivity index (χ4n) is 3.17. The smallest absolute Gasteiger partial charge is 0.274 e. The van der Waals surface area contributed by atoms with Gasteiger partial charge in [0, 0.05) is 12.0 Å². The van der Waals surface area contributed by atoms with Crippen LogP contribution < -0.4 is 5.32 Å². The third-order valence-electron chi connectivity index (χ3n) is 4.51. The van der Waals surface area contributed by atoms with Gasteiger partial charge in [-0.15, -0.1) is 0 Å². The van der Waals surface area contributed by atoms with E-state index in [-0.39, 0.29) is 11.9 Å². The fourth-order valence-corrected chi connectivity index (χ4v) is 3.17. The highest BCUT2D eigenvalue weighted by molar-refractivity contribution is 5.93. The molecule has 7 nitrogen and oxygen atoms in total. The lowest BCUT2D eigenvalue weighted by Gasteiger charge is -2.13. The predicted octanol–water partition coefficient (Wildman–Crippen LogP) is 3.01. The number of hydrogen-bond acceptors (Lipinski definition) is 6. The highest BCUT2D eigenvalue weighted by atomic mass is 16.5. The number of rotatable bonds is 4. The lowest BCUT2D eigenvalue weighted by atomic mass is 10.0. The van der Waals surface area contributed by atoms with E-state index in [0.29, 0.717) is 29.6 Å². The molecular formula is C18H18N4O3. The molecule has 1 aliphatic carbocycles. The van der Waals surface area contributed by atoms with Crippen molar-refractivity contribution in [2.24, 2.45) is 0 Å². The average Bonchev–Trinajstić information content (AvgIpc) is 3.34. The molecule has 1 aliphatic rings. The largest absolute Gasteiger partial charge is 0.448 e. The number of amides is 1. The van der Waals surface area contributed by atoms with Crippen LogP contribution in [-0.4, -0.2) is 21.0 Å². The second-order valence-corrected chi connectivity index (χ2v) is 6.10. The van der Waals surface area contributed by atoms with E-state index >= 15 is 0 Å². The summed E-state index contributed by atoms with van der Waals surface area (Å²) in [4.78, 5) is 20.7. The van der Waals surface area contributed by atoms with Crippen molar-refractivity contribution < 1.29 is 13.7 Å². The third kappa shape index (κ3) is 2.82. The Labute approximate surface area is 144 Å². The van der Waals surface area contributed by atoms with E-state index in [1.165, 1.54) is 12.0 Å². The van der Waals surface area contributed by atoms with Gasteiger partial charge in [0.15, 0.2) is 12.1 Å². The van der Waals surface area contributed by atoms with Gasteiger partial charge in [0.2, 0.25) is 11.7 Å². The number of benzene rings is 1. The topological polar surface area (TPSA) is 94.1 Å². The molecule has 3 aromatic rings. The predicted molar refractivity (Wildman–Crippen MR) is 88.9 cm³/mol. The highest BCUT2D eigenvalue weighted by Crippen LogP contribution is 2.34. The Hall–Kier alpha value is -2.96. The van der Waals surface area contributed by atoms with Crippen molar-refractivity contribution >= 4 is 5.91 Å². The molecule has 128 valence electrons. The Morgan fingerprint density at radius 1 is 1.40 bits per heavy atom. The number of aryl methyl sites for hydroxylation is 3. The summed E-state index contributed by atoms with van der Waals surface area (Å²) in [7, 11) is 0. The zero-order valence-corrected chi connectivity index (χ0v) is 14.1. The SMILES string of the molecule is CCc1nc(-c2ccc3c(c2)CC[C@H]3NC(=O)c2ncoc2C)no1. The van der Waals surface area contributed by atoms with E-state index in [1.807, 2.05) is 19.1 Å². The number of carbonyl (C=O) groups excluding carboxylic acids is 1. The van der Waals surface area contributed by atoms with Gasteiger partial charge in [0.25, 0.3) is 5.91 Å². The van der Waals surface area contributed by atoms with Crippen molar-refractivity contribution in [2.75, 3.05) is 0 Å². The highest BCUT2D eigenvalue weighted by Gasteiger charge is 2.26. The molecule has 4 rings (SSSR count). The van der Waals surface area contributed by atoms with Crippen LogP contribution in [0.4, 0.5) is 0 Å². The molecule has 0 fully saturated rings. The van der Waals surface area contributed by atoms with Crippen LogP contribution in [0.2, 0.25) is 0 Å². The first-order valence-electron chi connectivity index (χ1n) is 8.32. The van der Waals surface area contributed by atoms with Crippen molar-refractivity contribution in [3.05, 3.63) is 53.1 Å². The Bertz CT molecular complexity index is 928. The first-order chi connectivity index (χ1) is 12.2. The molecule has 0 radical (unpaired) electrons. The van der Waals surface area contributed by atoms with Crippen molar-refractivity contribution in [1.29, 1.82) is 0 Å². The Kier molecular flexibility index (Phi) is 3.83. The molecule has 25 heavy (non-hydrogen) atoms. The number of oxazole rings is 1. The summed E-state index contributed by atoms with van der Waals surface area (Å²) in [5.41, 5.74) is 3.59. The molecule has 2 heterocycles. The van der Waals surface area contributed by atoms with Crippen molar-refractivity contribution in [1.82, 2.24) is 20.4 Å². The molecule has 0 saturated carbocycles. The molecule has 1 N–H and O–H groups in total. The molecule has 0 spiro atoms. The molecule has 0 unspecified atom stereocenters. The van der Waals surface area contributed by atoms with Crippen LogP contribution in [0.1, 0.15) is 52.7 Å². The minimum atomic E-state index is -0.209. The second kappa shape index (κ2) is 6.16. The lowest BCUT2D eigenvalue weighted by Crippen LogP contribution is -2.27. The summed E-state index contributed by atoms with van der Waals surface area (Å²) in [6, 6.07) is 6.05. The first kappa shape index (κ1) is 15.6. The fraction of sp³-hybridized carbons (Fsp3) is 0.333. The first-order valence-corrected chi connectivity index (χ1v) is 8.32. The number of fused-ring (bicyclic) bond motifs is 1. The maximum atomic E-state index is 12.4. The van der Waals surface area contributed by atoms with E-state index < -0.39 is 0 Å². The van der Waals surface area contributed by atoms with Gasteiger partial charge in [0.05, 0.1) is 6.04 Å². The van der Waals surface area contributed by atoms with E-state index in [2.05, 4.69) is 26.5 Å². The summed E-state index contributed by atoms with van der Waals surface area (Å²) in [5, 5.41) is 7.06. The molecule has 7 heteroatoms. The Morgan fingerprint density at radius 2 is 2.28 bits per heavy atom. The van der Waals surface area contributed by atoms with Crippen LogP contribution in [0.3, 0.4) is 0 Å². The van der Waals surface area contributed by atoms with E-state index in [9.17, 15) is 4.79 Å². The number of aromatic nitrogens is 3. The number of nitrogens with zero attached hydrogens (tertiary/aromatic N) is 3. The number of nitrogens with one attached hydrogen (secondary N) is 1. The zero-order valence-electron chi connectivity index (χ0n) is 14.1. The van der Waals surface area contributed by atoms with Crippen LogP contribution >= 0.6 is 0 Å². The monoisotopic (exact) mass is 338 g/mol. The van der Waals surface area contributed by atoms with Crippen LogP contribution in [0.5, 0.6) is 0 Å². The van der Waals surface area contributed by atoms with Gasteiger partial charge in [-0.3, -0.25) is 4.79 Å². The molecule has 0 bridgehead atoms. The van der Waals surface area contributed by atoms with Gasteiger partial charge < -0.3 is 14.3 Å². The van der Waals surface area contributed by atoms with Gasteiger partial charge >= 0.3 is 0 Å². The average molecular weight is 338 g/mol. The number of carbonyl (C=O) groups is 1. The normalized spacial score (nSPS) is 16.0. The summed E-state index contributed by atoms with van der Waals surface area (Å²) >= 11 is 0. The van der Waals surface area contributed by atoms with E-state index in [4.69, 9.17) is 8.94 Å². The molecule has 1 aromatic carbocycles. The van der Waals surface area contributed by atoms with Crippen LogP contribution in [0.15, 0.2) is 33.5 Å². The van der Waals surface area contributed by atoms with Crippen molar-refractivity contribution in [3.63, 3.8) is 0 Å². The zero-order chi connectivity index (χ0) is 17.4. The third-order valence-corrected chi connectivity index (χ3v) is 4.51. The molecule has 0 aliphatic heterocycles. The molecule has 0 saturated heterocycles. The summed E-state index contributed by atoms with van der Waals surface area (Å²) in [5.74, 6) is 1.54. The summed E-state index contributed by atoms with van der Waals surface area (Å²) in [6.45, 7) is 3.70. The van der Waals surface area contributed by atoms with E-state index in [0.717, 1.165) is 24.0 Å². The molecule has 1 amide bonds. The lowest BCUT2D eigenvalue weighted by molar-refractivity contribution is 0.0931. The standard InChI is InChI=1S/C18H18N4O3/c1-3-15-21-17(22-25-15)12-4-6-13-11(8-12)5-7-14(13)20-18(23)16-10(2)24-9-19-16/h4,6,8-9,14H,3,5,7H2,1-2H3,(H,20,23)/t14-/m1/s1. The maximum Gasteiger partial charge on any atom is 0.274 e. The second-order valence-electron chi connectivity index (χ2n) is 6.10. The van der Waals surface area contributed by atoms with Gasteiger partial charge in [-0.1, -0.05) is 24.2 Å². The molecule has 2 aromatic heterocycles. The quantitative estimate of drug-likeness (QED) is 0.786. The summed E-state index contributed by atoms with van der Waals surface area (Å²) < 4.78 is 10.3. The maximum absolute atomic E-state index is 12.4. The molecular weight excluding hydrogens is 320 g/mol. The van der Waals surface area contributed by atoms with Crippen LogP contribution in [0.25, 0.3) is 11.4 Å². The van der Waals surface area contributed by atoms with Crippen molar-refractivity contribution in [3.8, 4) is 11.4 Å². The van der Waals surface area contributed by atoms with Crippen LogP contribution in [0, 0.1) is 6.92 Å². The van der Waals surface area contributed by atoms with Gasteiger partial charge in [-0.2, -0.15) is 4.98 Å².